The van der Waals surface area contributed by atoms with Gasteiger partial charge in [0.15, 0.2) is 6.10 Å². The van der Waals surface area contributed by atoms with E-state index in [-0.39, 0.29) is 12.0 Å². The first-order chi connectivity index (χ1) is 7.33. The van der Waals surface area contributed by atoms with Crippen LogP contribution in [-0.2, 0) is 14.3 Å². The molecule has 0 aliphatic carbocycles. The highest BCUT2D eigenvalue weighted by Gasteiger charge is 2.33. The second kappa shape index (κ2) is 5.27. The molecule has 2 heterocycles. The molecule has 0 aromatic heterocycles. The van der Waals surface area contributed by atoms with Crippen molar-refractivity contribution in [2.24, 2.45) is 0 Å². The Kier molecular flexibility index (Phi) is 3.99. The molecular formula is C10H16BrNO3. The van der Waals surface area contributed by atoms with E-state index in [0.29, 0.717) is 25.9 Å². The van der Waals surface area contributed by atoms with Gasteiger partial charge in [0.05, 0.1) is 19.8 Å². The van der Waals surface area contributed by atoms with Crippen LogP contribution < -0.4 is 0 Å². The SMILES string of the molecule is O=C(C1COCCO1)N1CCC[C@@H]1CBr. The first kappa shape index (κ1) is 11.4. The van der Waals surface area contributed by atoms with Crippen molar-refractivity contribution in [2.45, 2.75) is 25.0 Å². The largest absolute Gasteiger partial charge is 0.376 e. The second-order valence-corrected chi connectivity index (χ2v) is 4.56. The highest BCUT2D eigenvalue weighted by molar-refractivity contribution is 9.09. The van der Waals surface area contributed by atoms with Crippen LogP contribution in [-0.4, -0.2) is 54.6 Å². The molecular weight excluding hydrogens is 262 g/mol. The summed E-state index contributed by atoms with van der Waals surface area (Å²) >= 11 is 3.44. The first-order valence-corrected chi connectivity index (χ1v) is 6.51. The van der Waals surface area contributed by atoms with Crippen LogP contribution in [0, 0.1) is 0 Å². The van der Waals surface area contributed by atoms with E-state index in [1.54, 1.807) is 0 Å². The Labute approximate surface area is 98.0 Å². The smallest absolute Gasteiger partial charge is 0.254 e. The number of nitrogens with zero attached hydrogens (tertiary/aromatic N) is 1. The molecule has 0 N–H and O–H groups in total. The minimum absolute atomic E-state index is 0.0941. The quantitative estimate of drug-likeness (QED) is 0.701. The fourth-order valence-corrected chi connectivity index (χ4v) is 2.77. The topological polar surface area (TPSA) is 38.8 Å². The number of hydrogen-bond donors (Lipinski definition) is 0. The lowest BCUT2D eigenvalue weighted by Crippen LogP contribution is -2.47. The van der Waals surface area contributed by atoms with Crippen LogP contribution in [0.2, 0.25) is 0 Å². The van der Waals surface area contributed by atoms with Gasteiger partial charge in [0, 0.05) is 17.9 Å². The van der Waals surface area contributed by atoms with E-state index < -0.39 is 0 Å². The van der Waals surface area contributed by atoms with Gasteiger partial charge in [0.1, 0.15) is 0 Å². The van der Waals surface area contributed by atoms with Gasteiger partial charge >= 0.3 is 0 Å². The van der Waals surface area contributed by atoms with Crippen molar-refractivity contribution in [3.63, 3.8) is 0 Å². The Hall–Kier alpha value is -0.130. The van der Waals surface area contributed by atoms with Crippen LogP contribution in [0.3, 0.4) is 0 Å². The Balaban J connectivity index is 1.93. The summed E-state index contributed by atoms with van der Waals surface area (Å²) in [4.78, 5) is 14.0. The highest BCUT2D eigenvalue weighted by atomic mass is 79.9. The van der Waals surface area contributed by atoms with Crippen molar-refractivity contribution in [2.75, 3.05) is 31.7 Å². The predicted molar refractivity (Wildman–Crippen MR) is 59.1 cm³/mol. The average Bonchev–Trinajstić information content (AvgIpc) is 2.77. The molecule has 0 radical (unpaired) electrons. The monoisotopic (exact) mass is 277 g/mol. The van der Waals surface area contributed by atoms with Gasteiger partial charge in [0.2, 0.25) is 0 Å². The van der Waals surface area contributed by atoms with E-state index in [9.17, 15) is 4.79 Å². The maximum Gasteiger partial charge on any atom is 0.254 e. The molecule has 2 rings (SSSR count). The van der Waals surface area contributed by atoms with Gasteiger partial charge in [-0.05, 0) is 12.8 Å². The molecule has 1 amide bonds. The molecule has 86 valence electrons. The van der Waals surface area contributed by atoms with Crippen LogP contribution in [0.1, 0.15) is 12.8 Å². The van der Waals surface area contributed by atoms with Crippen LogP contribution in [0.15, 0.2) is 0 Å². The van der Waals surface area contributed by atoms with Crippen molar-refractivity contribution in [3.05, 3.63) is 0 Å². The molecule has 1 unspecified atom stereocenters. The maximum absolute atomic E-state index is 12.1. The molecule has 2 aliphatic heterocycles. The Bertz CT molecular complexity index is 231. The number of rotatable bonds is 2. The lowest BCUT2D eigenvalue weighted by Gasteiger charge is -2.29. The summed E-state index contributed by atoms with van der Waals surface area (Å²) in [5, 5.41) is 0.853. The van der Waals surface area contributed by atoms with Crippen LogP contribution >= 0.6 is 15.9 Å². The molecule has 0 saturated carbocycles. The van der Waals surface area contributed by atoms with Gasteiger partial charge in [-0.3, -0.25) is 4.79 Å². The molecule has 4 nitrogen and oxygen atoms in total. The average molecular weight is 278 g/mol. The van der Waals surface area contributed by atoms with Crippen molar-refractivity contribution in [1.29, 1.82) is 0 Å². The number of carbonyl (C=O) groups excluding carboxylic acids is 1. The van der Waals surface area contributed by atoms with Crippen LogP contribution in [0.5, 0.6) is 0 Å². The van der Waals surface area contributed by atoms with Crippen molar-refractivity contribution in [3.8, 4) is 0 Å². The summed E-state index contributed by atoms with van der Waals surface area (Å²) in [7, 11) is 0. The standard InChI is InChI=1S/C10H16BrNO3/c11-6-8-2-1-3-12(8)10(13)9-7-14-4-5-15-9/h8-9H,1-7H2/t8-,9?/m1/s1. The van der Waals surface area contributed by atoms with Crippen molar-refractivity contribution in [1.82, 2.24) is 4.90 Å². The summed E-state index contributed by atoms with van der Waals surface area (Å²) in [6.07, 6.45) is 1.80. The number of carbonyl (C=O) groups is 1. The molecule has 2 atom stereocenters. The van der Waals surface area contributed by atoms with Gasteiger partial charge in [0.25, 0.3) is 5.91 Å². The summed E-state index contributed by atoms with van der Waals surface area (Å²) in [6.45, 7) is 2.40. The van der Waals surface area contributed by atoms with E-state index >= 15 is 0 Å². The second-order valence-electron chi connectivity index (χ2n) is 3.92. The zero-order valence-electron chi connectivity index (χ0n) is 8.65. The molecule has 5 heteroatoms. The van der Waals surface area contributed by atoms with E-state index in [0.717, 1.165) is 24.7 Å². The number of likely N-dealkylation sites (tertiary alicyclic amines) is 1. The number of halogens is 1. The fraction of sp³-hybridized carbons (Fsp3) is 0.900. The van der Waals surface area contributed by atoms with Crippen LogP contribution in [0.4, 0.5) is 0 Å². The minimum Gasteiger partial charge on any atom is -0.376 e. The maximum atomic E-state index is 12.1. The number of alkyl halides is 1. The predicted octanol–water partition coefficient (Wildman–Crippen LogP) is 0.788. The zero-order chi connectivity index (χ0) is 10.7. The van der Waals surface area contributed by atoms with Crippen molar-refractivity contribution >= 4 is 21.8 Å². The Morgan fingerprint density at radius 1 is 1.47 bits per heavy atom. The fourth-order valence-electron chi connectivity index (χ4n) is 2.10. The molecule has 2 saturated heterocycles. The third-order valence-corrected chi connectivity index (χ3v) is 3.68. The molecule has 0 aromatic carbocycles. The lowest BCUT2D eigenvalue weighted by atomic mass is 10.2. The lowest BCUT2D eigenvalue weighted by molar-refractivity contribution is -0.158. The van der Waals surface area contributed by atoms with Gasteiger partial charge in [-0.1, -0.05) is 15.9 Å². The van der Waals surface area contributed by atoms with E-state index in [2.05, 4.69) is 15.9 Å². The first-order valence-electron chi connectivity index (χ1n) is 5.38. The van der Waals surface area contributed by atoms with E-state index in [1.165, 1.54) is 0 Å². The molecule has 0 bridgehead atoms. The highest BCUT2D eigenvalue weighted by Crippen LogP contribution is 2.21. The van der Waals surface area contributed by atoms with Gasteiger partial charge < -0.3 is 14.4 Å². The number of amides is 1. The number of ether oxygens (including phenoxy) is 2. The third kappa shape index (κ3) is 2.52. The van der Waals surface area contributed by atoms with Gasteiger partial charge in [-0.2, -0.15) is 0 Å². The van der Waals surface area contributed by atoms with Crippen molar-refractivity contribution < 1.29 is 14.3 Å². The minimum atomic E-state index is -0.376. The Morgan fingerprint density at radius 2 is 2.33 bits per heavy atom. The molecule has 2 aliphatic rings. The number of hydrogen-bond acceptors (Lipinski definition) is 3. The molecule has 15 heavy (non-hydrogen) atoms. The zero-order valence-corrected chi connectivity index (χ0v) is 10.2. The third-order valence-electron chi connectivity index (χ3n) is 2.93. The normalized spacial score (nSPS) is 31.9. The summed E-state index contributed by atoms with van der Waals surface area (Å²) in [6, 6.07) is 0.336. The Morgan fingerprint density at radius 3 is 3.00 bits per heavy atom. The molecule has 2 fully saturated rings. The van der Waals surface area contributed by atoms with Gasteiger partial charge in [-0.25, -0.2) is 0 Å². The van der Waals surface area contributed by atoms with Crippen LogP contribution in [0.25, 0.3) is 0 Å². The van der Waals surface area contributed by atoms with E-state index in [4.69, 9.17) is 9.47 Å². The summed E-state index contributed by atoms with van der Waals surface area (Å²) in [5.74, 6) is 0.0941. The molecule has 0 aromatic rings. The summed E-state index contributed by atoms with van der Waals surface area (Å²) in [5.41, 5.74) is 0. The van der Waals surface area contributed by atoms with Gasteiger partial charge in [-0.15, -0.1) is 0 Å². The van der Waals surface area contributed by atoms with E-state index in [1.807, 2.05) is 4.90 Å². The molecule has 0 spiro atoms. The summed E-state index contributed by atoms with van der Waals surface area (Å²) < 4.78 is 10.7.